The summed E-state index contributed by atoms with van der Waals surface area (Å²) in [5.74, 6) is 1.41. The molecule has 1 heterocycles. The molecule has 0 aliphatic heterocycles. The molecule has 1 saturated carbocycles. The van der Waals surface area contributed by atoms with Crippen molar-refractivity contribution in [3.05, 3.63) is 10.8 Å². The van der Waals surface area contributed by atoms with Crippen molar-refractivity contribution in [2.45, 2.75) is 31.8 Å². The minimum atomic E-state index is -0.200. The summed E-state index contributed by atoms with van der Waals surface area (Å²) in [6.45, 7) is 0.718. The van der Waals surface area contributed by atoms with Crippen LogP contribution in [-0.2, 0) is 0 Å². The summed E-state index contributed by atoms with van der Waals surface area (Å²) in [5, 5.41) is 13.1. The van der Waals surface area contributed by atoms with E-state index in [9.17, 15) is 5.11 Å². The number of anilines is 2. The molecule has 0 saturated heterocycles. The molecule has 1 aliphatic carbocycles. The molecule has 1 fully saturated rings. The Labute approximate surface area is 109 Å². The summed E-state index contributed by atoms with van der Waals surface area (Å²) in [4.78, 5) is 8.00. The zero-order valence-electron chi connectivity index (χ0n) is 9.56. The largest absolute Gasteiger partial charge is 0.393 e. The van der Waals surface area contributed by atoms with E-state index in [-0.39, 0.29) is 6.10 Å². The summed E-state index contributed by atoms with van der Waals surface area (Å²) >= 11 is 3.35. The molecule has 1 aliphatic rings. The normalized spacial score (nSPS) is 24.6. The number of hydrogen-bond donors (Lipinski definition) is 3. The van der Waals surface area contributed by atoms with E-state index in [1.807, 2.05) is 0 Å². The molecule has 0 aromatic carbocycles. The molecule has 1 aromatic heterocycles. The Morgan fingerprint density at radius 2 is 2.18 bits per heavy atom. The molecular weight excluding hydrogens is 284 g/mol. The molecule has 0 spiro atoms. The lowest BCUT2D eigenvalue weighted by Crippen LogP contribution is -2.30. The number of nitrogens with zero attached hydrogens (tertiary/aromatic N) is 2. The molecule has 94 valence electrons. The second-order valence-corrected chi connectivity index (χ2v) is 5.21. The summed E-state index contributed by atoms with van der Waals surface area (Å²) in [7, 11) is 0. The van der Waals surface area contributed by atoms with Gasteiger partial charge in [0.1, 0.15) is 22.4 Å². The zero-order chi connectivity index (χ0) is 12.3. The fourth-order valence-corrected chi connectivity index (χ4v) is 2.51. The number of nitrogen functional groups attached to an aromatic ring is 1. The van der Waals surface area contributed by atoms with Gasteiger partial charge in [-0.05, 0) is 28.8 Å². The van der Waals surface area contributed by atoms with Gasteiger partial charge in [0, 0.05) is 12.5 Å². The molecule has 0 radical (unpaired) electrons. The first kappa shape index (κ1) is 12.6. The summed E-state index contributed by atoms with van der Waals surface area (Å²) in [5.41, 5.74) is 5.67. The van der Waals surface area contributed by atoms with Gasteiger partial charge in [0.05, 0.1) is 6.10 Å². The Hall–Kier alpha value is -0.880. The maximum atomic E-state index is 9.86. The van der Waals surface area contributed by atoms with Crippen LogP contribution in [0, 0.1) is 5.92 Å². The molecule has 1 aromatic rings. The van der Waals surface area contributed by atoms with E-state index in [0.29, 0.717) is 22.0 Å². The first-order valence-corrected chi connectivity index (χ1v) is 6.65. The van der Waals surface area contributed by atoms with Gasteiger partial charge >= 0.3 is 0 Å². The van der Waals surface area contributed by atoms with Crippen LogP contribution in [0.1, 0.15) is 25.7 Å². The van der Waals surface area contributed by atoms with E-state index in [0.717, 1.165) is 25.8 Å². The highest BCUT2D eigenvalue weighted by atomic mass is 79.9. The van der Waals surface area contributed by atoms with Gasteiger partial charge in [0.2, 0.25) is 0 Å². The lowest BCUT2D eigenvalue weighted by molar-refractivity contribution is 0.0763. The number of aliphatic hydroxyl groups is 1. The van der Waals surface area contributed by atoms with E-state index in [2.05, 4.69) is 31.2 Å². The maximum Gasteiger partial charge on any atom is 0.145 e. The fourth-order valence-electron chi connectivity index (χ4n) is 2.16. The van der Waals surface area contributed by atoms with E-state index < -0.39 is 0 Å². The molecular formula is C11H17BrN4O. The van der Waals surface area contributed by atoms with Crippen molar-refractivity contribution >= 4 is 27.6 Å². The lowest BCUT2D eigenvalue weighted by atomic mass is 9.86. The van der Waals surface area contributed by atoms with Gasteiger partial charge in [-0.2, -0.15) is 0 Å². The molecule has 17 heavy (non-hydrogen) atoms. The van der Waals surface area contributed by atoms with Crippen LogP contribution >= 0.6 is 15.9 Å². The summed E-state index contributed by atoms with van der Waals surface area (Å²) in [6.07, 6.45) is 5.51. The van der Waals surface area contributed by atoms with E-state index in [1.54, 1.807) is 0 Å². The second kappa shape index (κ2) is 5.64. The van der Waals surface area contributed by atoms with Crippen molar-refractivity contribution in [2.24, 2.45) is 5.92 Å². The lowest BCUT2D eigenvalue weighted by Gasteiger charge is -2.27. The van der Waals surface area contributed by atoms with Gasteiger partial charge in [0.25, 0.3) is 0 Å². The Morgan fingerprint density at radius 1 is 1.41 bits per heavy atom. The number of halogens is 1. The third-order valence-electron chi connectivity index (χ3n) is 3.22. The molecule has 0 amide bonds. The van der Waals surface area contributed by atoms with Crippen LogP contribution in [0.2, 0.25) is 0 Å². The van der Waals surface area contributed by atoms with Gasteiger partial charge in [-0.15, -0.1) is 0 Å². The van der Waals surface area contributed by atoms with Crippen LogP contribution in [-0.4, -0.2) is 27.7 Å². The van der Waals surface area contributed by atoms with Crippen molar-refractivity contribution in [2.75, 3.05) is 17.6 Å². The van der Waals surface area contributed by atoms with E-state index in [1.165, 1.54) is 12.7 Å². The van der Waals surface area contributed by atoms with Crippen molar-refractivity contribution in [3.63, 3.8) is 0 Å². The standard InChI is InChI=1S/C11H17BrN4O/c12-9-10(13)15-6-16-11(9)14-5-7-3-1-2-4-8(7)17/h6-8,17H,1-5H2,(H3,13,14,15,16). The van der Waals surface area contributed by atoms with Crippen LogP contribution in [0.3, 0.4) is 0 Å². The SMILES string of the molecule is Nc1ncnc(NCC2CCCCC2O)c1Br. The summed E-state index contributed by atoms with van der Waals surface area (Å²) < 4.78 is 0.685. The average Bonchev–Trinajstić information content (AvgIpc) is 2.33. The van der Waals surface area contributed by atoms with Gasteiger partial charge in [-0.1, -0.05) is 12.8 Å². The number of nitrogens with one attached hydrogen (secondary N) is 1. The molecule has 6 heteroatoms. The third-order valence-corrected chi connectivity index (χ3v) is 4.00. The van der Waals surface area contributed by atoms with Crippen LogP contribution in [0.25, 0.3) is 0 Å². The monoisotopic (exact) mass is 300 g/mol. The fraction of sp³-hybridized carbons (Fsp3) is 0.636. The number of hydrogen-bond acceptors (Lipinski definition) is 5. The van der Waals surface area contributed by atoms with Crippen molar-refractivity contribution in [1.82, 2.24) is 9.97 Å². The minimum Gasteiger partial charge on any atom is -0.393 e. The Kier molecular flexibility index (Phi) is 4.17. The van der Waals surface area contributed by atoms with Gasteiger partial charge in [-0.25, -0.2) is 9.97 Å². The Balaban J connectivity index is 1.95. The highest BCUT2D eigenvalue weighted by Crippen LogP contribution is 2.27. The van der Waals surface area contributed by atoms with Crippen LogP contribution in [0.5, 0.6) is 0 Å². The van der Waals surface area contributed by atoms with Gasteiger partial charge in [0.15, 0.2) is 0 Å². The Morgan fingerprint density at radius 3 is 2.94 bits per heavy atom. The Bertz CT molecular complexity index is 388. The first-order chi connectivity index (χ1) is 8.18. The molecule has 4 N–H and O–H groups in total. The predicted molar refractivity (Wildman–Crippen MR) is 70.6 cm³/mol. The highest BCUT2D eigenvalue weighted by Gasteiger charge is 2.23. The van der Waals surface area contributed by atoms with Gasteiger partial charge in [-0.3, -0.25) is 0 Å². The number of aromatic nitrogens is 2. The number of rotatable bonds is 3. The molecule has 2 unspecified atom stereocenters. The highest BCUT2D eigenvalue weighted by molar-refractivity contribution is 9.10. The number of aliphatic hydroxyl groups excluding tert-OH is 1. The van der Waals surface area contributed by atoms with E-state index in [4.69, 9.17) is 5.73 Å². The van der Waals surface area contributed by atoms with Crippen LogP contribution in [0.15, 0.2) is 10.8 Å². The van der Waals surface area contributed by atoms with Crippen LogP contribution in [0.4, 0.5) is 11.6 Å². The quantitative estimate of drug-likeness (QED) is 0.792. The van der Waals surface area contributed by atoms with Gasteiger partial charge < -0.3 is 16.2 Å². The molecule has 5 nitrogen and oxygen atoms in total. The second-order valence-electron chi connectivity index (χ2n) is 4.41. The van der Waals surface area contributed by atoms with Crippen molar-refractivity contribution in [3.8, 4) is 0 Å². The minimum absolute atomic E-state index is 0.200. The van der Waals surface area contributed by atoms with Crippen molar-refractivity contribution in [1.29, 1.82) is 0 Å². The zero-order valence-corrected chi connectivity index (χ0v) is 11.2. The number of nitrogens with two attached hydrogens (primary N) is 1. The molecule has 2 rings (SSSR count). The first-order valence-electron chi connectivity index (χ1n) is 5.86. The third kappa shape index (κ3) is 3.07. The average molecular weight is 301 g/mol. The molecule has 2 atom stereocenters. The van der Waals surface area contributed by atoms with E-state index >= 15 is 0 Å². The van der Waals surface area contributed by atoms with Crippen LogP contribution < -0.4 is 11.1 Å². The molecule has 0 bridgehead atoms. The van der Waals surface area contributed by atoms with Crippen molar-refractivity contribution < 1.29 is 5.11 Å². The maximum absolute atomic E-state index is 9.86. The topological polar surface area (TPSA) is 84.1 Å². The smallest absolute Gasteiger partial charge is 0.145 e. The summed E-state index contributed by atoms with van der Waals surface area (Å²) in [6, 6.07) is 0. The predicted octanol–water partition coefficient (Wildman–Crippen LogP) is 1.78.